The molecule has 0 saturated carbocycles. The van der Waals surface area contributed by atoms with Crippen molar-refractivity contribution in [3.8, 4) is 0 Å². The van der Waals surface area contributed by atoms with Gasteiger partial charge in [-0.2, -0.15) is 13.2 Å². The molecular weight excluding hydrogens is 289 g/mol. The van der Waals surface area contributed by atoms with Gasteiger partial charge in [-0.25, -0.2) is 0 Å². The molecule has 21 heavy (non-hydrogen) atoms. The molecule has 4 nitrogen and oxygen atoms in total. The minimum Gasteiger partial charge on any atom is -0.462 e. The SMILES string of the molecule is C=CCC(CC=C)OC(=O)CCC(=O)OC(C)C(F)(F)F. The van der Waals surface area contributed by atoms with Crippen LogP contribution in [0.5, 0.6) is 0 Å². The van der Waals surface area contributed by atoms with E-state index in [1.165, 1.54) is 0 Å². The minimum atomic E-state index is -4.62. The van der Waals surface area contributed by atoms with Crippen molar-refractivity contribution in [2.45, 2.75) is 51.0 Å². The quantitative estimate of drug-likeness (QED) is 0.484. The third-order valence-electron chi connectivity index (χ3n) is 2.46. The predicted molar refractivity (Wildman–Crippen MR) is 70.4 cm³/mol. The number of carbonyl (C=O) groups excluding carboxylic acids is 2. The summed E-state index contributed by atoms with van der Waals surface area (Å²) in [6.45, 7) is 7.75. The fourth-order valence-corrected chi connectivity index (χ4v) is 1.34. The number of hydrogen-bond donors (Lipinski definition) is 0. The highest BCUT2D eigenvalue weighted by Gasteiger charge is 2.39. The van der Waals surface area contributed by atoms with Gasteiger partial charge in [0.2, 0.25) is 0 Å². The molecule has 7 heteroatoms. The highest BCUT2D eigenvalue weighted by Crippen LogP contribution is 2.22. The molecule has 0 saturated heterocycles. The summed E-state index contributed by atoms with van der Waals surface area (Å²) in [6.07, 6.45) is -4.06. The molecule has 1 unspecified atom stereocenters. The zero-order valence-corrected chi connectivity index (χ0v) is 11.8. The molecule has 0 aromatic heterocycles. The first-order chi connectivity index (χ1) is 9.70. The maximum absolute atomic E-state index is 12.2. The Morgan fingerprint density at radius 3 is 1.86 bits per heavy atom. The Morgan fingerprint density at radius 2 is 1.48 bits per heavy atom. The van der Waals surface area contributed by atoms with Gasteiger partial charge in [-0.3, -0.25) is 9.59 Å². The van der Waals surface area contributed by atoms with Gasteiger partial charge in [-0.15, -0.1) is 13.2 Å². The molecule has 0 aromatic rings. The van der Waals surface area contributed by atoms with Gasteiger partial charge in [-0.05, 0) is 6.92 Å². The molecule has 0 spiro atoms. The van der Waals surface area contributed by atoms with E-state index in [4.69, 9.17) is 4.74 Å². The molecule has 0 aliphatic carbocycles. The highest BCUT2D eigenvalue weighted by molar-refractivity contribution is 5.77. The standard InChI is InChI=1S/C14H19F3O4/c1-4-6-11(7-5-2)21-13(19)9-8-12(18)20-10(3)14(15,16)17/h4-5,10-11H,1-2,6-9H2,3H3. The van der Waals surface area contributed by atoms with E-state index in [1.807, 2.05) is 0 Å². The van der Waals surface area contributed by atoms with Crippen LogP contribution in [0.1, 0.15) is 32.6 Å². The Labute approximate surface area is 121 Å². The number of hydrogen-bond acceptors (Lipinski definition) is 4. The van der Waals surface area contributed by atoms with Crippen LogP contribution >= 0.6 is 0 Å². The van der Waals surface area contributed by atoms with Crippen molar-refractivity contribution in [1.29, 1.82) is 0 Å². The smallest absolute Gasteiger partial charge is 0.425 e. The third kappa shape index (κ3) is 8.88. The van der Waals surface area contributed by atoms with Crippen LogP contribution < -0.4 is 0 Å². The lowest BCUT2D eigenvalue weighted by molar-refractivity contribution is -0.216. The summed E-state index contributed by atoms with van der Waals surface area (Å²) >= 11 is 0. The van der Waals surface area contributed by atoms with E-state index in [2.05, 4.69) is 17.9 Å². The average molecular weight is 308 g/mol. The largest absolute Gasteiger partial charge is 0.462 e. The summed E-state index contributed by atoms with van der Waals surface area (Å²) in [5.41, 5.74) is 0. The zero-order chi connectivity index (χ0) is 16.5. The number of rotatable bonds is 9. The van der Waals surface area contributed by atoms with Crippen molar-refractivity contribution in [2.75, 3.05) is 0 Å². The molecule has 0 fully saturated rings. The van der Waals surface area contributed by atoms with Crippen LogP contribution in [0, 0.1) is 0 Å². The van der Waals surface area contributed by atoms with Gasteiger partial charge in [-0.1, -0.05) is 12.2 Å². The van der Waals surface area contributed by atoms with Gasteiger partial charge in [0.25, 0.3) is 0 Å². The lowest BCUT2D eigenvalue weighted by Gasteiger charge is -2.17. The van der Waals surface area contributed by atoms with Crippen LogP contribution in [-0.2, 0) is 19.1 Å². The average Bonchev–Trinajstić information content (AvgIpc) is 2.36. The van der Waals surface area contributed by atoms with Crippen LogP contribution in [-0.4, -0.2) is 30.3 Å². The molecule has 0 bridgehead atoms. The fourth-order valence-electron chi connectivity index (χ4n) is 1.34. The molecule has 0 aromatic carbocycles. The number of esters is 2. The predicted octanol–water partition coefficient (Wildman–Crippen LogP) is 3.32. The maximum atomic E-state index is 12.2. The van der Waals surface area contributed by atoms with Crippen molar-refractivity contribution in [3.63, 3.8) is 0 Å². The van der Waals surface area contributed by atoms with E-state index >= 15 is 0 Å². The monoisotopic (exact) mass is 308 g/mol. The Kier molecular flexibility index (Phi) is 8.42. The normalized spacial score (nSPS) is 12.6. The molecule has 1 atom stereocenters. The number of alkyl halides is 3. The summed E-state index contributed by atoms with van der Waals surface area (Å²) in [7, 11) is 0. The molecule has 0 N–H and O–H groups in total. The summed E-state index contributed by atoms with van der Waals surface area (Å²) < 4.78 is 45.7. The van der Waals surface area contributed by atoms with Crippen molar-refractivity contribution >= 4 is 11.9 Å². The molecule has 0 amide bonds. The highest BCUT2D eigenvalue weighted by atomic mass is 19.4. The van der Waals surface area contributed by atoms with Gasteiger partial charge < -0.3 is 9.47 Å². The van der Waals surface area contributed by atoms with Crippen LogP contribution in [0.2, 0.25) is 0 Å². The molecule has 0 heterocycles. The zero-order valence-electron chi connectivity index (χ0n) is 11.8. The summed E-state index contributed by atoms with van der Waals surface area (Å²) in [6, 6.07) is 0. The van der Waals surface area contributed by atoms with Crippen molar-refractivity contribution in [2.24, 2.45) is 0 Å². The Balaban J connectivity index is 4.14. The van der Waals surface area contributed by atoms with E-state index in [0.29, 0.717) is 12.8 Å². The third-order valence-corrected chi connectivity index (χ3v) is 2.46. The Hall–Kier alpha value is -1.79. The van der Waals surface area contributed by atoms with Gasteiger partial charge in [0.15, 0.2) is 6.10 Å². The lowest BCUT2D eigenvalue weighted by atomic mass is 10.2. The molecule has 0 aliphatic heterocycles. The molecule has 0 radical (unpaired) electrons. The second-order valence-corrected chi connectivity index (χ2v) is 4.33. The first kappa shape index (κ1) is 19.2. The van der Waals surface area contributed by atoms with E-state index in [-0.39, 0.29) is 6.42 Å². The molecular formula is C14H19F3O4. The first-order valence-electron chi connectivity index (χ1n) is 6.38. The van der Waals surface area contributed by atoms with Crippen LogP contribution in [0.4, 0.5) is 13.2 Å². The van der Waals surface area contributed by atoms with Gasteiger partial charge in [0.05, 0.1) is 12.8 Å². The summed E-state index contributed by atoms with van der Waals surface area (Å²) in [5.74, 6) is -1.78. The summed E-state index contributed by atoms with van der Waals surface area (Å²) in [4.78, 5) is 22.6. The fraction of sp³-hybridized carbons (Fsp3) is 0.571. The van der Waals surface area contributed by atoms with Gasteiger partial charge in [0, 0.05) is 12.8 Å². The molecule has 0 rings (SSSR count). The van der Waals surface area contributed by atoms with E-state index in [1.54, 1.807) is 12.2 Å². The van der Waals surface area contributed by atoms with Crippen molar-refractivity contribution in [1.82, 2.24) is 0 Å². The number of halogens is 3. The Bertz CT molecular complexity index is 367. The van der Waals surface area contributed by atoms with Gasteiger partial charge >= 0.3 is 18.1 Å². The van der Waals surface area contributed by atoms with Crippen LogP contribution in [0.25, 0.3) is 0 Å². The van der Waals surface area contributed by atoms with Crippen molar-refractivity contribution < 1.29 is 32.2 Å². The Morgan fingerprint density at radius 1 is 1.05 bits per heavy atom. The van der Waals surface area contributed by atoms with Crippen molar-refractivity contribution in [3.05, 3.63) is 25.3 Å². The van der Waals surface area contributed by atoms with Crippen LogP contribution in [0.15, 0.2) is 25.3 Å². The minimum absolute atomic E-state index is 0.339. The number of ether oxygens (including phenoxy) is 2. The number of carbonyl (C=O) groups is 2. The van der Waals surface area contributed by atoms with Crippen LogP contribution in [0.3, 0.4) is 0 Å². The van der Waals surface area contributed by atoms with E-state index in [9.17, 15) is 22.8 Å². The second-order valence-electron chi connectivity index (χ2n) is 4.33. The molecule has 0 aliphatic rings. The first-order valence-corrected chi connectivity index (χ1v) is 6.38. The molecule has 120 valence electrons. The van der Waals surface area contributed by atoms with E-state index in [0.717, 1.165) is 6.92 Å². The lowest BCUT2D eigenvalue weighted by Crippen LogP contribution is -2.31. The van der Waals surface area contributed by atoms with E-state index < -0.39 is 36.7 Å². The van der Waals surface area contributed by atoms with Gasteiger partial charge in [0.1, 0.15) is 6.10 Å². The summed E-state index contributed by atoms with van der Waals surface area (Å²) in [5, 5.41) is 0. The maximum Gasteiger partial charge on any atom is 0.425 e. The topological polar surface area (TPSA) is 52.6 Å². The second kappa shape index (κ2) is 9.20.